The van der Waals surface area contributed by atoms with Crippen LogP contribution < -0.4 is 11.1 Å². The van der Waals surface area contributed by atoms with Gasteiger partial charge < -0.3 is 11.1 Å². The molecule has 0 spiro atoms. The summed E-state index contributed by atoms with van der Waals surface area (Å²) in [4.78, 5) is 13.6. The van der Waals surface area contributed by atoms with E-state index in [9.17, 15) is 18.0 Å². The molecule has 18 heavy (non-hydrogen) atoms. The summed E-state index contributed by atoms with van der Waals surface area (Å²) in [7, 11) is 0. The average molecular weight is 267 g/mol. The molecule has 0 aromatic carbocycles. The maximum Gasteiger partial charge on any atom is 0.405 e. The van der Waals surface area contributed by atoms with Crippen LogP contribution in [0.25, 0.3) is 0 Å². The van der Waals surface area contributed by atoms with Gasteiger partial charge in [0.25, 0.3) is 0 Å². The Hall–Kier alpha value is -0.820. The van der Waals surface area contributed by atoms with Crippen molar-refractivity contribution in [2.75, 3.05) is 19.6 Å². The number of nitrogens with one attached hydrogen (secondary N) is 1. The van der Waals surface area contributed by atoms with Crippen molar-refractivity contribution in [2.45, 2.75) is 44.4 Å². The molecule has 1 saturated heterocycles. The highest BCUT2D eigenvalue weighted by atomic mass is 19.4. The van der Waals surface area contributed by atoms with E-state index in [1.807, 2.05) is 10.2 Å². The zero-order valence-electron chi connectivity index (χ0n) is 10.5. The highest BCUT2D eigenvalue weighted by Crippen LogP contribution is 2.19. The molecule has 1 amide bonds. The minimum absolute atomic E-state index is 0.0883. The molecule has 1 aliphatic heterocycles. The predicted molar refractivity (Wildman–Crippen MR) is 61.9 cm³/mol. The Morgan fingerprint density at radius 2 is 2.17 bits per heavy atom. The molecular formula is C11H20F3N3O. The van der Waals surface area contributed by atoms with Gasteiger partial charge in [-0.15, -0.1) is 0 Å². The van der Waals surface area contributed by atoms with Gasteiger partial charge in [-0.2, -0.15) is 13.2 Å². The van der Waals surface area contributed by atoms with Crippen LogP contribution in [0.4, 0.5) is 13.2 Å². The standard InChI is InChI=1S/C11H20F3N3O/c1-8(10(18)16-7-11(12,13)14)17-5-3-2-4-9(17)6-15/h8-9H,2-7,15H2,1H3,(H,16,18). The number of nitrogens with two attached hydrogens (primary N) is 1. The third-order valence-electron chi connectivity index (χ3n) is 3.28. The van der Waals surface area contributed by atoms with Gasteiger partial charge in [-0.25, -0.2) is 0 Å². The van der Waals surface area contributed by atoms with Crippen LogP contribution in [0, 0.1) is 0 Å². The van der Waals surface area contributed by atoms with Crippen LogP contribution >= 0.6 is 0 Å². The molecule has 0 bridgehead atoms. The fourth-order valence-electron chi connectivity index (χ4n) is 2.27. The van der Waals surface area contributed by atoms with Gasteiger partial charge in [-0.3, -0.25) is 9.69 Å². The molecule has 1 fully saturated rings. The largest absolute Gasteiger partial charge is 0.405 e. The van der Waals surface area contributed by atoms with Crippen molar-refractivity contribution in [1.82, 2.24) is 10.2 Å². The first-order valence-electron chi connectivity index (χ1n) is 6.15. The molecule has 0 radical (unpaired) electrons. The molecule has 1 aliphatic rings. The summed E-state index contributed by atoms with van der Waals surface area (Å²) in [6.07, 6.45) is -1.47. The van der Waals surface area contributed by atoms with E-state index >= 15 is 0 Å². The van der Waals surface area contributed by atoms with Gasteiger partial charge in [0.05, 0.1) is 6.04 Å². The lowest BCUT2D eigenvalue weighted by Gasteiger charge is -2.38. The fourth-order valence-corrected chi connectivity index (χ4v) is 2.27. The molecule has 0 aromatic heterocycles. The molecular weight excluding hydrogens is 247 g/mol. The molecule has 3 N–H and O–H groups in total. The summed E-state index contributed by atoms with van der Waals surface area (Å²) in [5, 5.41) is 1.92. The van der Waals surface area contributed by atoms with Gasteiger partial charge in [0, 0.05) is 12.6 Å². The van der Waals surface area contributed by atoms with E-state index in [1.54, 1.807) is 6.92 Å². The number of rotatable bonds is 4. The first-order chi connectivity index (χ1) is 8.35. The summed E-state index contributed by atoms with van der Waals surface area (Å²) in [6, 6.07) is -0.480. The van der Waals surface area contributed by atoms with Crippen molar-refractivity contribution in [2.24, 2.45) is 5.73 Å². The molecule has 0 aromatic rings. The quantitative estimate of drug-likeness (QED) is 0.794. The van der Waals surface area contributed by atoms with Crippen molar-refractivity contribution < 1.29 is 18.0 Å². The third-order valence-corrected chi connectivity index (χ3v) is 3.28. The number of hydrogen-bond acceptors (Lipinski definition) is 3. The van der Waals surface area contributed by atoms with E-state index in [0.29, 0.717) is 13.1 Å². The molecule has 2 atom stereocenters. The Balaban J connectivity index is 2.51. The second-order valence-corrected chi connectivity index (χ2v) is 4.63. The molecule has 106 valence electrons. The smallest absolute Gasteiger partial charge is 0.346 e. The summed E-state index contributed by atoms with van der Waals surface area (Å²) in [5.41, 5.74) is 5.62. The van der Waals surface area contributed by atoms with E-state index in [0.717, 1.165) is 19.3 Å². The summed E-state index contributed by atoms with van der Waals surface area (Å²) in [6.45, 7) is 1.48. The SMILES string of the molecule is CC(C(=O)NCC(F)(F)F)N1CCCCC1CN. The molecule has 0 saturated carbocycles. The van der Waals surface area contributed by atoms with Gasteiger partial charge in [0.15, 0.2) is 0 Å². The predicted octanol–water partition coefficient (Wildman–Crippen LogP) is 0.867. The molecule has 7 heteroatoms. The lowest BCUT2D eigenvalue weighted by Crippen LogP contribution is -2.54. The van der Waals surface area contributed by atoms with Crippen molar-refractivity contribution in [3.05, 3.63) is 0 Å². The van der Waals surface area contributed by atoms with Crippen LogP contribution in [-0.2, 0) is 4.79 Å². The molecule has 1 heterocycles. The van der Waals surface area contributed by atoms with Gasteiger partial charge in [0.2, 0.25) is 5.91 Å². The zero-order chi connectivity index (χ0) is 13.8. The number of nitrogens with zero attached hydrogens (tertiary/aromatic N) is 1. The fraction of sp³-hybridized carbons (Fsp3) is 0.909. The number of halogens is 3. The van der Waals surface area contributed by atoms with E-state index in [1.165, 1.54) is 0 Å². The number of alkyl halides is 3. The van der Waals surface area contributed by atoms with E-state index in [2.05, 4.69) is 0 Å². The minimum Gasteiger partial charge on any atom is -0.346 e. The Labute approximate surface area is 105 Å². The van der Waals surface area contributed by atoms with Crippen LogP contribution in [0.15, 0.2) is 0 Å². The second-order valence-electron chi connectivity index (χ2n) is 4.63. The number of carbonyl (C=O) groups excluding carboxylic acids is 1. The van der Waals surface area contributed by atoms with E-state index in [-0.39, 0.29) is 6.04 Å². The number of carbonyl (C=O) groups is 1. The van der Waals surface area contributed by atoms with Crippen molar-refractivity contribution in [3.8, 4) is 0 Å². The van der Waals surface area contributed by atoms with Gasteiger partial charge >= 0.3 is 6.18 Å². The van der Waals surface area contributed by atoms with Crippen LogP contribution in [0.2, 0.25) is 0 Å². The third kappa shape index (κ3) is 4.45. The maximum atomic E-state index is 12.0. The lowest BCUT2D eigenvalue weighted by molar-refractivity contribution is -0.142. The lowest BCUT2D eigenvalue weighted by atomic mass is 10.00. The van der Waals surface area contributed by atoms with Gasteiger partial charge in [0.1, 0.15) is 6.54 Å². The topological polar surface area (TPSA) is 58.4 Å². The molecule has 1 rings (SSSR count). The zero-order valence-corrected chi connectivity index (χ0v) is 10.5. The van der Waals surface area contributed by atoms with Crippen molar-refractivity contribution >= 4 is 5.91 Å². The number of piperidine rings is 1. The first-order valence-corrected chi connectivity index (χ1v) is 6.15. The highest BCUT2D eigenvalue weighted by molar-refractivity contribution is 5.81. The van der Waals surface area contributed by atoms with Crippen molar-refractivity contribution in [3.63, 3.8) is 0 Å². The van der Waals surface area contributed by atoms with Crippen LogP contribution in [0.3, 0.4) is 0 Å². The Morgan fingerprint density at radius 3 is 2.72 bits per heavy atom. The summed E-state index contributed by atoms with van der Waals surface area (Å²) >= 11 is 0. The summed E-state index contributed by atoms with van der Waals surface area (Å²) < 4.78 is 36.0. The Kier molecular flexibility index (Phi) is 5.40. The maximum absolute atomic E-state index is 12.0. The van der Waals surface area contributed by atoms with E-state index in [4.69, 9.17) is 5.73 Å². The number of likely N-dealkylation sites (tertiary alicyclic amines) is 1. The Morgan fingerprint density at radius 1 is 1.50 bits per heavy atom. The summed E-state index contributed by atoms with van der Waals surface area (Å²) in [5.74, 6) is -0.590. The monoisotopic (exact) mass is 267 g/mol. The van der Waals surface area contributed by atoms with Crippen molar-refractivity contribution in [1.29, 1.82) is 0 Å². The normalized spacial score (nSPS) is 23.7. The first kappa shape index (κ1) is 15.2. The molecule has 2 unspecified atom stereocenters. The Bertz CT molecular complexity index is 283. The van der Waals surface area contributed by atoms with Crippen LogP contribution in [0.5, 0.6) is 0 Å². The number of hydrogen-bond donors (Lipinski definition) is 2. The number of amides is 1. The molecule has 4 nitrogen and oxygen atoms in total. The minimum atomic E-state index is -4.37. The molecule has 0 aliphatic carbocycles. The van der Waals surface area contributed by atoms with Gasteiger partial charge in [-0.1, -0.05) is 6.42 Å². The van der Waals surface area contributed by atoms with Gasteiger partial charge in [-0.05, 0) is 26.3 Å². The van der Waals surface area contributed by atoms with Crippen LogP contribution in [0.1, 0.15) is 26.2 Å². The van der Waals surface area contributed by atoms with Crippen LogP contribution in [-0.4, -0.2) is 48.7 Å². The van der Waals surface area contributed by atoms with E-state index < -0.39 is 24.7 Å². The highest BCUT2D eigenvalue weighted by Gasteiger charge is 2.32. The second kappa shape index (κ2) is 6.38. The average Bonchev–Trinajstić information content (AvgIpc) is 2.34.